The van der Waals surface area contributed by atoms with Crippen LogP contribution in [0.2, 0.25) is 0 Å². The fourth-order valence-electron chi connectivity index (χ4n) is 1.66. The van der Waals surface area contributed by atoms with E-state index in [0.29, 0.717) is 19.2 Å². The molecule has 1 fully saturated rings. The largest absolute Gasteiger partial charge is 0.389 e. The number of nitrogens with one attached hydrogen (secondary N) is 1. The molecule has 1 atom stereocenters. The van der Waals surface area contributed by atoms with Crippen LogP contribution in [0, 0.1) is 0 Å². The lowest BCUT2D eigenvalue weighted by atomic mass is 10.1. The molecule has 0 amide bonds. The summed E-state index contributed by atoms with van der Waals surface area (Å²) in [4.78, 5) is 0. The van der Waals surface area contributed by atoms with Crippen LogP contribution >= 0.6 is 0 Å². The molecule has 1 aliphatic rings. The first-order chi connectivity index (χ1) is 7.58. The topological polar surface area (TPSA) is 58.6 Å². The predicted molar refractivity (Wildman–Crippen MR) is 66.0 cm³/mol. The van der Waals surface area contributed by atoms with Gasteiger partial charge in [0.05, 0.1) is 18.8 Å². The minimum absolute atomic E-state index is 0.159. The Morgan fingerprint density at radius 1 is 1.44 bits per heavy atom. The Kier molecular flexibility index (Phi) is 6.49. The molecule has 16 heavy (non-hydrogen) atoms. The molecule has 1 rings (SSSR count). The highest BCUT2D eigenvalue weighted by Gasteiger charge is 2.18. The molecule has 0 bridgehead atoms. The summed E-state index contributed by atoms with van der Waals surface area (Å²) in [5.41, 5.74) is 0. The Hall–Kier alpha value is 0.0300. The van der Waals surface area contributed by atoms with Crippen LogP contribution in [0.1, 0.15) is 26.7 Å². The minimum atomic E-state index is -0.612. The fourth-order valence-corrected chi connectivity index (χ4v) is 2.96. The number of ether oxygens (including phenoxy) is 1. The van der Waals surface area contributed by atoms with E-state index in [1.807, 2.05) is 13.8 Å². The molecule has 0 aromatic carbocycles. The molecule has 0 aliphatic carbocycles. The molecular formula is C11H23NO3S. The van der Waals surface area contributed by atoms with Gasteiger partial charge in [-0.2, -0.15) is 0 Å². The Morgan fingerprint density at radius 3 is 2.62 bits per heavy atom. The van der Waals surface area contributed by atoms with Crippen LogP contribution in [0.15, 0.2) is 0 Å². The third kappa shape index (κ3) is 5.94. The lowest BCUT2D eigenvalue weighted by Gasteiger charge is -2.24. The van der Waals surface area contributed by atoms with E-state index in [9.17, 15) is 9.32 Å². The van der Waals surface area contributed by atoms with Gasteiger partial charge < -0.3 is 15.2 Å². The maximum atomic E-state index is 11.1. The molecule has 5 heteroatoms. The van der Waals surface area contributed by atoms with Gasteiger partial charge in [-0.1, -0.05) is 0 Å². The fraction of sp³-hybridized carbons (Fsp3) is 1.00. The predicted octanol–water partition coefficient (Wildman–Crippen LogP) is 0.273. The van der Waals surface area contributed by atoms with Crippen molar-refractivity contribution < 1.29 is 14.1 Å². The Bertz CT molecular complexity index is 213. The van der Waals surface area contributed by atoms with Crippen molar-refractivity contribution in [2.45, 2.75) is 44.9 Å². The highest BCUT2D eigenvalue weighted by atomic mass is 32.2. The summed E-state index contributed by atoms with van der Waals surface area (Å²) in [6.45, 7) is 4.85. The van der Waals surface area contributed by atoms with Crippen LogP contribution in [0.3, 0.4) is 0 Å². The highest BCUT2D eigenvalue weighted by molar-refractivity contribution is 7.85. The van der Waals surface area contributed by atoms with Crippen molar-refractivity contribution in [3.63, 3.8) is 0 Å². The number of hydrogen-bond donors (Lipinski definition) is 2. The van der Waals surface area contributed by atoms with Crippen LogP contribution in [0.4, 0.5) is 0 Å². The van der Waals surface area contributed by atoms with E-state index in [1.165, 1.54) is 0 Å². The average molecular weight is 249 g/mol. The second-order valence-corrected chi connectivity index (χ2v) is 6.26. The highest BCUT2D eigenvalue weighted by Crippen LogP contribution is 2.08. The quantitative estimate of drug-likeness (QED) is 0.709. The molecule has 0 aromatic rings. The SMILES string of the molecule is CC(C)OCC(O)CNC1CCS(=O)CC1. The van der Waals surface area contributed by atoms with Crippen molar-refractivity contribution in [1.82, 2.24) is 5.32 Å². The van der Waals surface area contributed by atoms with Crippen molar-refractivity contribution in [3.05, 3.63) is 0 Å². The molecular weight excluding hydrogens is 226 g/mol. The Morgan fingerprint density at radius 2 is 2.06 bits per heavy atom. The summed E-state index contributed by atoms with van der Waals surface area (Å²) < 4.78 is 16.5. The normalized spacial score (nSPS) is 28.2. The molecule has 0 aromatic heterocycles. The molecule has 2 N–H and O–H groups in total. The van der Waals surface area contributed by atoms with Crippen molar-refractivity contribution in [3.8, 4) is 0 Å². The van der Waals surface area contributed by atoms with E-state index < -0.39 is 16.9 Å². The van der Waals surface area contributed by atoms with Crippen LogP contribution in [0.25, 0.3) is 0 Å². The van der Waals surface area contributed by atoms with Gasteiger partial charge in [-0.25, -0.2) is 0 Å². The summed E-state index contributed by atoms with van der Waals surface area (Å²) in [7, 11) is -0.612. The number of rotatable bonds is 6. The molecule has 1 heterocycles. The summed E-state index contributed by atoms with van der Waals surface area (Å²) in [6.07, 6.45) is 1.61. The van der Waals surface area contributed by atoms with Crippen molar-refractivity contribution in [1.29, 1.82) is 0 Å². The van der Waals surface area contributed by atoms with E-state index in [-0.39, 0.29) is 6.10 Å². The maximum absolute atomic E-state index is 11.1. The summed E-state index contributed by atoms with van der Waals surface area (Å²) >= 11 is 0. The molecule has 96 valence electrons. The van der Waals surface area contributed by atoms with E-state index in [2.05, 4.69) is 5.32 Å². The Labute approximate surface area is 100 Å². The van der Waals surface area contributed by atoms with Gasteiger partial charge in [-0.15, -0.1) is 0 Å². The summed E-state index contributed by atoms with van der Waals surface area (Å²) in [5, 5.41) is 12.9. The molecule has 0 radical (unpaired) electrons. The molecule has 0 saturated carbocycles. The van der Waals surface area contributed by atoms with Gasteiger partial charge in [0.25, 0.3) is 0 Å². The molecule has 1 aliphatic heterocycles. The van der Waals surface area contributed by atoms with Gasteiger partial charge in [0.2, 0.25) is 0 Å². The van der Waals surface area contributed by atoms with E-state index in [0.717, 1.165) is 24.3 Å². The molecule has 0 spiro atoms. The summed E-state index contributed by atoms with van der Waals surface area (Å²) in [5.74, 6) is 1.58. The lowest BCUT2D eigenvalue weighted by molar-refractivity contribution is 0.00536. The minimum Gasteiger partial charge on any atom is -0.389 e. The van der Waals surface area contributed by atoms with Gasteiger partial charge in [0.1, 0.15) is 0 Å². The average Bonchev–Trinajstić information content (AvgIpc) is 2.25. The van der Waals surface area contributed by atoms with Gasteiger partial charge in [0, 0.05) is 34.9 Å². The summed E-state index contributed by atoms with van der Waals surface area (Å²) in [6, 6.07) is 0.409. The first kappa shape index (κ1) is 14.1. The van der Waals surface area contributed by atoms with Crippen LogP contribution in [-0.2, 0) is 15.5 Å². The van der Waals surface area contributed by atoms with E-state index in [1.54, 1.807) is 0 Å². The molecule has 1 saturated heterocycles. The molecule has 4 nitrogen and oxygen atoms in total. The monoisotopic (exact) mass is 249 g/mol. The van der Waals surface area contributed by atoms with Gasteiger partial charge >= 0.3 is 0 Å². The van der Waals surface area contributed by atoms with Crippen molar-refractivity contribution in [2.24, 2.45) is 0 Å². The third-order valence-electron chi connectivity index (χ3n) is 2.65. The zero-order valence-corrected chi connectivity index (χ0v) is 11.0. The van der Waals surface area contributed by atoms with Gasteiger partial charge in [-0.3, -0.25) is 4.21 Å². The first-order valence-corrected chi connectivity index (χ1v) is 7.44. The van der Waals surface area contributed by atoms with Crippen molar-refractivity contribution in [2.75, 3.05) is 24.7 Å². The van der Waals surface area contributed by atoms with Crippen LogP contribution < -0.4 is 5.32 Å². The first-order valence-electron chi connectivity index (χ1n) is 5.96. The zero-order valence-electron chi connectivity index (χ0n) is 10.1. The van der Waals surface area contributed by atoms with E-state index in [4.69, 9.17) is 4.74 Å². The standard InChI is InChI=1S/C11H23NO3S/c1-9(2)15-8-11(13)7-12-10-3-5-16(14)6-4-10/h9-13H,3-8H2,1-2H3. The Balaban J connectivity index is 2.07. The smallest absolute Gasteiger partial charge is 0.0897 e. The number of aliphatic hydroxyl groups is 1. The lowest BCUT2D eigenvalue weighted by Crippen LogP contribution is -2.41. The van der Waals surface area contributed by atoms with Gasteiger partial charge in [-0.05, 0) is 26.7 Å². The van der Waals surface area contributed by atoms with E-state index >= 15 is 0 Å². The zero-order chi connectivity index (χ0) is 12.0. The third-order valence-corrected chi connectivity index (χ3v) is 4.03. The van der Waals surface area contributed by atoms with Gasteiger partial charge in [0.15, 0.2) is 0 Å². The maximum Gasteiger partial charge on any atom is 0.0897 e. The number of hydrogen-bond acceptors (Lipinski definition) is 4. The van der Waals surface area contributed by atoms with Crippen LogP contribution in [-0.4, -0.2) is 52.2 Å². The number of aliphatic hydroxyl groups excluding tert-OH is 1. The van der Waals surface area contributed by atoms with Crippen LogP contribution in [0.5, 0.6) is 0 Å². The van der Waals surface area contributed by atoms with Crippen molar-refractivity contribution >= 4 is 10.8 Å². The molecule has 1 unspecified atom stereocenters. The second kappa shape index (κ2) is 7.37. The second-order valence-electron chi connectivity index (χ2n) is 4.57.